The summed E-state index contributed by atoms with van der Waals surface area (Å²) >= 11 is 1.52. The Kier molecular flexibility index (Phi) is 12.3. The first kappa shape index (κ1) is 25.6. The predicted octanol–water partition coefficient (Wildman–Crippen LogP) is 3.94. The van der Waals surface area contributed by atoms with Gasteiger partial charge in [0.2, 0.25) is 5.13 Å². The summed E-state index contributed by atoms with van der Waals surface area (Å²) in [5.41, 5.74) is 0. The lowest BCUT2D eigenvalue weighted by Gasteiger charge is -2.36. The van der Waals surface area contributed by atoms with Gasteiger partial charge in [-0.1, -0.05) is 32.6 Å². The fourth-order valence-corrected chi connectivity index (χ4v) is 4.85. The Morgan fingerprint density at radius 1 is 1.13 bits per heavy atom. The van der Waals surface area contributed by atoms with Gasteiger partial charge in [0.1, 0.15) is 5.82 Å². The topological polar surface area (TPSA) is 65.9 Å². The average molecular weight is 551 g/mol. The van der Waals surface area contributed by atoms with Crippen molar-refractivity contribution in [2.24, 2.45) is 4.99 Å². The first-order chi connectivity index (χ1) is 14.3. The summed E-state index contributed by atoms with van der Waals surface area (Å²) in [4.78, 5) is 13.8. The lowest BCUT2D eigenvalue weighted by Crippen LogP contribution is -2.52. The number of halogens is 1. The summed E-state index contributed by atoms with van der Waals surface area (Å²) < 4.78 is 10.5. The third kappa shape index (κ3) is 8.11. The number of aromatic nitrogens is 2. The van der Waals surface area contributed by atoms with Crippen molar-refractivity contribution in [3.05, 3.63) is 5.82 Å². The summed E-state index contributed by atoms with van der Waals surface area (Å²) in [5.74, 6) is 1.97. The molecule has 3 rings (SSSR count). The summed E-state index contributed by atoms with van der Waals surface area (Å²) in [6, 6.07) is 0. The van der Waals surface area contributed by atoms with E-state index in [9.17, 15) is 0 Å². The van der Waals surface area contributed by atoms with Gasteiger partial charge in [0.15, 0.2) is 5.96 Å². The van der Waals surface area contributed by atoms with Gasteiger partial charge >= 0.3 is 0 Å². The number of guanidine groups is 1. The van der Waals surface area contributed by atoms with Crippen LogP contribution in [0.2, 0.25) is 0 Å². The fourth-order valence-electron chi connectivity index (χ4n) is 4.04. The van der Waals surface area contributed by atoms with E-state index in [-0.39, 0.29) is 24.0 Å². The number of hydrogen-bond donors (Lipinski definition) is 1. The highest BCUT2D eigenvalue weighted by molar-refractivity contribution is 14.0. The number of ether oxygens (including phenoxy) is 1. The zero-order valence-corrected chi connectivity index (χ0v) is 21.8. The Labute approximate surface area is 203 Å². The maximum absolute atomic E-state index is 6.09. The molecule has 7 nitrogen and oxygen atoms in total. The molecule has 1 saturated heterocycles. The molecule has 1 aromatic heterocycles. The van der Waals surface area contributed by atoms with Gasteiger partial charge in [-0.2, -0.15) is 4.37 Å². The maximum atomic E-state index is 6.09. The molecule has 1 aliphatic heterocycles. The first-order valence-corrected chi connectivity index (χ1v) is 12.2. The van der Waals surface area contributed by atoms with Crippen molar-refractivity contribution in [1.29, 1.82) is 0 Å². The summed E-state index contributed by atoms with van der Waals surface area (Å²) in [6.45, 7) is 7.81. The zero-order chi connectivity index (χ0) is 20.3. The van der Waals surface area contributed by atoms with E-state index in [1.165, 1.54) is 50.1 Å². The number of nitrogens with one attached hydrogen (secondary N) is 1. The summed E-state index contributed by atoms with van der Waals surface area (Å²) in [6.07, 6.45) is 11.6. The van der Waals surface area contributed by atoms with Crippen LogP contribution in [0.25, 0.3) is 0 Å². The molecular weight excluding hydrogens is 511 g/mol. The Hall–Kier alpha value is -0.680. The summed E-state index contributed by atoms with van der Waals surface area (Å²) in [5, 5.41) is 4.59. The molecule has 0 unspecified atom stereocenters. The van der Waals surface area contributed by atoms with E-state index in [1.807, 2.05) is 7.05 Å². The normalized spacial score (nSPS) is 18.8. The highest BCUT2D eigenvalue weighted by Crippen LogP contribution is 2.20. The molecular formula is C21H39IN6OS. The molecule has 0 radical (unpaired) electrons. The number of rotatable bonds is 8. The number of hydrogen-bond acceptors (Lipinski definition) is 6. The molecule has 30 heavy (non-hydrogen) atoms. The molecule has 0 spiro atoms. The molecule has 2 fully saturated rings. The van der Waals surface area contributed by atoms with Crippen LogP contribution in [0.3, 0.4) is 0 Å². The van der Waals surface area contributed by atoms with Gasteiger partial charge in [0.25, 0.3) is 0 Å². The Bertz CT molecular complexity index is 612. The van der Waals surface area contributed by atoms with Crippen LogP contribution >= 0.6 is 35.5 Å². The largest absolute Gasteiger partial charge is 0.378 e. The second kappa shape index (κ2) is 14.4. The number of aliphatic imine (C=N–C) groups is 1. The lowest BCUT2D eigenvalue weighted by atomic mass is 10.1. The molecule has 1 saturated carbocycles. The summed E-state index contributed by atoms with van der Waals surface area (Å²) in [7, 11) is 1.88. The van der Waals surface area contributed by atoms with Gasteiger partial charge in [-0.05, 0) is 25.7 Å². The second-order valence-corrected chi connectivity index (χ2v) is 8.72. The molecule has 1 aromatic rings. The van der Waals surface area contributed by atoms with E-state index in [4.69, 9.17) is 4.74 Å². The Balaban J connectivity index is 0.00000320. The van der Waals surface area contributed by atoms with Crippen LogP contribution < -0.4 is 10.2 Å². The smallest absolute Gasteiger partial charge is 0.205 e. The van der Waals surface area contributed by atoms with Crippen LogP contribution in [-0.2, 0) is 11.2 Å². The van der Waals surface area contributed by atoms with E-state index in [0.717, 1.165) is 75.5 Å². The standard InChI is InChI=1S/C21H38N6OS.HI/c1-3-19-24-21(29-25-19)27-15-13-26(14-16-27)20(22-2)23-12-8-9-17-28-18-10-6-4-5-7-11-18;/h18H,3-17H2,1-2H3,(H,22,23);1H. The van der Waals surface area contributed by atoms with E-state index in [0.29, 0.717) is 6.10 Å². The third-order valence-electron chi connectivity index (χ3n) is 5.85. The monoisotopic (exact) mass is 550 g/mol. The molecule has 2 heterocycles. The van der Waals surface area contributed by atoms with Crippen LogP contribution in [0.1, 0.15) is 64.1 Å². The van der Waals surface area contributed by atoms with Gasteiger partial charge < -0.3 is 19.9 Å². The minimum Gasteiger partial charge on any atom is -0.378 e. The molecule has 1 aliphatic carbocycles. The van der Waals surface area contributed by atoms with Crippen molar-refractivity contribution in [1.82, 2.24) is 19.6 Å². The van der Waals surface area contributed by atoms with Crippen LogP contribution in [0.5, 0.6) is 0 Å². The number of nitrogens with zero attached hydrogens (tertiary/aromatic N) is 5. The molecule has 0 atom stereocenters. The third-order valence-corrected chi connectivity index (χ3v) is 6.66. The molecule has 9 heteroatoms. The van der Waals surface area contributed by atoms with Crippen molar-refractivity contribution in [2.75, 3.05) is 51.3 Å². The predicted molar refractivity (Wildman–Crippen MR) is 137 cm³/mol. The van der Waals surface area contributed by atoms with Gasteiger partial charge in [0, 0.05) is 64.3 Å². The van der Waals surface area contributed by atoms with Crippen molar-refractivity contribution < 1.29 is 4.74 Å². The van der Waals surface area contributed by atoms with Crippen molar-refractivity contribution in [2.45, 2.75) is 70.8 Å². The molecule has 172 valence electrons. The van der Waals surface area contributed by atoms with Crippen LogP contribution in [-0.4, -0.2) is 72.7 Å². The molecule has 1 N–H and O–H groups in total. The van der Waals surface area contributed by atoms with E-state index >= 15 is 0 Å². The average Bonchev–Trinajstić information content (AvgIpc) is 3.10. The van der Waals surface area contributed by atoms with Crippen LogP contribution in [0.4, 0.5) is 5.13 Å². The number of piperazine rings is 1. The minimum atomic E-state index is 0. The van der Waals surface area contributed by atoms with Crippen molar-refractivity contribution in [3.8, 4) is 0 Å². The zero-order valence-electron chi connectivity index (χ0n) is 18.6. The van der Waals surface area contributed by atoms with Gasteiger partial charge in [-0.15, -0.1) is 24.0 Å². The van der Waals surface area contributed by atoms with Crippen molar-refractivity contribution >= 4 is 46.6 Å². The van der Waals surface area contributed by atoms with E-state index in [1.54, 1.807) is 0 Å². The molecule has 0 bridgehead atoms. The number of anilines is 1. The minimum absolute atomic E-state index is 0. The van der Waals surface area contributed by atoms with Gasteiger partial charge in [-0.3, -0.25) is 4.99 Å². The molecule has 0 amide bonds. The SMILES string of the molecule is CCc1nsc(N2CCN(C(=NC)NCCCCOC3CCCCCC3)CC2)n1.I. The first-order valence-electron chi connectivity index (χ1n) is 11.4. The van der Waals surface area contributed by atoms with Gasteiger partial charge in [0.05, 0.1) is 6.10 Å². The van der Waals surface area contributed by atoms with Gasteiger partial charge in [-0.25, -0.2) is 4.98 Å². The highest BCUT2D eigenvalue weighted by atomic mass is 127. The number of unbranched alkanes of at least 4 members (excludes halogenated alkanes) is 1. The quantitative estimate of drug-likeness (QED) is 0.174. The van der Waals surface area contributed by atoms with Crippen LogP contribution in [0.15, 0.2) is 4.99 Å². The van der Waals surface area contributed by atoms with E-state index < -0.39 is 0 Å². The maximum Gasteiger partial charge on any atom is 0.205 e. The highest BCUT2D eigenvalue weighted by Gasteiger charge is 2.21. The molecule has 2 aliphatic rings. The lowest BCUT2D eigenvalue weighted by molar-refractivity contribution is 0.0411. The molecule has 0 aromatic carbocycles. The Morgan fingerprint density at radius 2 is 1.87 bits per heavy atom. The fraction of sp³-hybridized carbons (Fsp3) is 0.857. The van der Waals surface area contributed by atoms with Crippen molar-refractivity contribution in [3.63, 3.8) is 0 Å². The van der Waals surface area contributed by atoms with Crippen LogP contribution in [0, 0.1) is 0 Å². The second-order valence-electron chi connectivity index (χ2n) is 7.99. The van der Waals surface area contributed by atoms with E-state index in [2.05, 4.69) is 36.4 Å². The Morgan fingerprint density at radius 3 is 2.50 bits per heavy atom. The number of aryl methyl sites for hydroxylation is 1.